The van der Waals surface area contributed by atoms with Gasteiger partial charge in [0.1, 0.15) is 0 Å². The number of benzene rings is 1. The van der Waals surface area contributed by atoms with E-state index in [9.17, 15) is 0 Å². The number of hydrogen-bond donors (Lipinski definition) is 0. The predicted octanol–water partition coefficient (Wildman–Crippen LogP) is 5.72. The molecule has 1 aliphatic rings. The third-order valence-electron chi connectivity index (χ3n) is 4.16. The van der Waals surface area contributed by atoms with E-state index < -0.39 is 0 Å². The molecule has 0 aliphatic heterocycles. The van der Waals surface area contributed by atoms with Gasteiger partial charge in [0.2, 0.25) is 0 Å². The van der Waals surface area contributed by atoms with Crippen LogP contribution in [0, 0.1) is 0 Å². The van der Waals surface area contributed by atoms with E-state index in [1.807, 2.05) is 0 Å². The molecular weight excluding hydrogens is 247 g/mol. The van der Waals surface area contributed by atoms with Gasteiger partial charge in [0, 0.05) is 5.92 Å². The maximum absolute atomic E-state index is 2.42. The largest absolute Gasteiger partial charge is 0.132 e. The molecule has 1 aromatic carbocycles. The Morgan fingerprint density at radius 1 is 1.16 bits per heavy atom. The normalized spacial score (nSPS) is 17.8. The molecular formula is C18H21P. The van der Waals surface area contributed by atoms with Crippen LogP contribution >= 0.6 is 8.19 Å². The fourth-order valence-corrected chi connectivity index (χ4v) is 4.33. The smallest absolute Gasteiger partial charge is 0.00763 e. The first-order chi connectivity index (χ1) is 9.31. The summed E-state index contributed by atoms with van der Waals surface area (Å²) in [4.78, 5) is 0. The average molecular weight is 268 g/mol. The van der Waals surface area contributed by atoms with Crippen molar-refractivity contribution < 1.29 is 0 Å². The van der Waals surface area contributed by atoms with E-state index in [-0.39, 0.29) is 0 Å². The van der Waals surface area contributed by atoms with E-state index in [0.29, 0.717) is 5.92 Å². The molecule has 2 aromatic rings. The van der Waals surface area contributed by atoms with Gasteiger partial charge in [-0.3, -0.25) is 0 Å². The number of hydrogen-bond acceptors (Lipinski definition) is 0. The second-order valence-electron chi connectivity index (χ2n) is 5.43. The van der Waals surface area contributed by atoms with Gasteiger partial charge in [0.15, 0.2) is 0 Å². The summed E-state index contributed by atoms with van der Waals surface area (Å²) in [7, 11) is 0.870. The number of fused-ring (bicyclic) bond motifs is 1. The Kier molecular flexibility index (Phi) is 3.62. The van der Waals surface area contributed by atoms with Crippen molar-refractivity contribution in [3.8, 4) is 0 Å². The second kappa shape index (κ2) is 5.39. The predicted molar refractivity (Wildman–Crippen MR) is 87.3 cm³/mol. The summed E-state index contributed by atoms with van der Waals surface area (Å²) in [6.45, 7) is 4.62. The van der Waals surface area contributed by atoms with Crippen LogP contribution in [-0.2, 0) is 6.42 Å². The van der Waals surface area contributed by atoms with Gasteiger partial charge in [-0.2, -0.15) is 0 Å². The summed E-state index contributed by atoms with van der Waals surface area (Å²) in [5.74, 6) is 2.92. The molecule has 0 fully saturated rings. The molecule has 0 amide bonds. The molecule has 1 aromatic heterocycles. The molecule has 0 spiro atoms. The van der Waals surface area contributed by atoms with Gasteiger partial charge in [-0.05, 0) is 52.3 Å². The molecule has 0 nitrogen and oxygen atoms in total. The Morgan fingerprint density at radius 2 is 2.00 bits per heavy atom. The Morgan fingerprint density at radius 3 is 2.79 bits per heavy atom. The zero-order valence-electron chi connectivity index (χ0n) is 11.7. The Balaban J connectivity index is 1.95. The summed E-state index contributed by atoms with van der Waals surface area (Å²) < 4.78 is 0. The van der Waals surface area contributed by atoms with Gasteiger partial charge in [-0.25, -0.2) is 0 Å². The average Bonchev–Trinajstić information content (AvgIpc) is 3.01. The molecule has 0 saturated heterocycles. The highest BCUT2D eigenvalue weighted by Crippen LogP contribution is 2.45. The van der Waals surface area contributed by atoms with Gasteiger partial charge in [0.25, 0.3) is 0 Å². The van der Waals surface area contributed by atoms with Crippen molar-refractivity contribution in [1.29, 1.82) is 0 Å². The summed E-state index contributed by atoms with van der Waals surface area (Å²) >= 11 is 0. The maximum Gasteiger partial charge on any atom is 0.00763 e. The van der Waals surface area contributed by atoms with Crippen LogP contribution in [0.2, 0.25) is 0 Å². The van der Waals surface area contributed by atoms with Crippen LogP contribution < -0.4 is 0 Å². The first-order valence-electron chi connectivity index (χ1n) is 7.28. The highest BCUT2D eigenvalue weighted by atomic mass is 31.0. The zero-order valence-corrected chi connectivity index (χ0v) is 12.7. The molecule has 3 rings (SSSR count). The minimum absolute atomic E-state index is 0.565. The van der Waals surface area contributed by atoms with Crippen molar-refractivity contribution in [3.63, 3.8) is 0 Å². The number of aryl methyl sites for hydroxylation is 1. The molecule has 98 valence electrons. The fraction of sp³-hybridized carbons (Fsp3) is 0.333. The third-order valence-corrected chi connectivity index (χ3v) is 5.39. The van der Waals surface area contributed by atoms with Gasteiger partial charge in [0.05, 0.1) is 0 Å². The molecule has 0 radical (unpaired) electrons. The van der Waals surface area contributed by atoms with Gasteiger partial charge >= 0.3 is 0 Å². The molecule has 1 heterocycles. The number of unbranched alkanes of at least 4 members (excludes halogenated alkanes) is 1. The maximum atomic E-state index is 2.42. The van der Waals surface area contributed by atoms with Gasteiger partial charge in [-0.1, -0.05) is 50.6 Å². The zero-order chi connectivity index (χ0) is 13.2. The van der Waals surface area contributed by atoms with Crippen LogP contribution in [0.1, 0.15) is 54.6 Å². The van der Waals surface area contributed by atoms with Crippen LogP contribution in [-0.4, -0.2) is 0 Å². The van der Waals surface area contributed by atoms with E-state index in [1.165, 1.54) is 30.4 Å². The van der Waals surface area contributed by atoms with E-state index in [1.54, 1.807) is 16.4 Å². The molecule has 19 heavy (non-hydrogen) atoms. The summed E-state index contributed by atoms with van der Waals surface area (Å²) in [5, 5.41) is 1.62. The topological polar surface area (TPSA) is 0 Å². The number of rotatable bonds is 4. The third kappa shape index (κ3) is 2.30. The molecule has 2 atom stereocenters. The summed E-state index contributed by atoms with van der Waals surface area (Å²) in [6, 6.07) is 11.2. The Hall–Kier alpha value is -1.26. The lowest BCUT2D eigenvalue weighted by atomic mass is 9.95. The van der Waals surface area contributed by atoms with Crippen molar-refractivity contribution in [1.82, 2.24) is 0 Å². The lowest BCUT2D eigenvalue weighted by Gasteiger charge is -2.12. The van der Waals surface area contributed by atoms with Crippen LogP contribution in [0.5, 0.6) is 0 Å². The van der Waals surface area contributed by atoms with Gasteiger partial charge < -0.3 is 0 Å². The molecule has 1 heteroatoms. The highest BCUT2D eigenvalue weighted by molar-refractivity contribution is 7.31. The van der Waals surface area contributed by atoms with Crippen molar-refractivity contribution in [3.05, 3.63) is 58.1 Å². The van der Waals surface area contributed by atoms with E-state index in [2.05, 4.69) is 56.1 Å². The molecule has 0 bridgehead atoms. The Labute approximate surface area is 117 Å². The highest BCUT2D eigenvalue weighted by Gasteiger charge is 2.23. The van der Waals surface area contributed by atoms with E-state index in [4.69, 9.17) is 0 Å². The van der Waals surface area contributed by atoms with Crippen LogP contribution in [0.25, 0.3) is 11.6 Å². The van der Waals surface area contributed by atoms with Crippen molar-refractivity contribution in [2.45, 2.75) is 39.0 Å². The monoisotopic (exact) mass is 268 g/mol. The summed E-state index contributed by atoms with van der Waals surface area (Å²) in [5.41, 5.74) is 6.07. The Bertz CT molecular complexity index is 604. The van der Waals surface area contributed by atoms with Crippen molar-refractivity contribution in [2.24, 2.45) is 0 Å². The molecule has 2 unspecified atom stereocenters. The van der Waals surface area contributed by atoms with Crippen LogP contribution in [0.3, 0.4) is 0 Å². The lowest BCUT2D eigenvalue weighted by Crippen LogP contribution is -1.94. The minimum atomic E-state index is 0.565. The minimum Gasteiger partial charge on any atom is -0.132 e. The number of allylic oxidation sites excluding steroid dienone is 1. The first-order valence-corrected chi connectivity index (χ1v) is 8.36. The second-order valence-corrected chi connectivity index (χ2v) is 6.55. The summed E-state index contributed by atoms with van der Waals surface area (Å²) in [6.07, 6.45) is 6.25. The van der Waals surface area contributed by atoms with E-state index in [0.717, 1.165) is 8.19 Å². The fourth-order valence-electron chi connectivity index (χ4n) is 3.03. The van der Waals surface area contributed by atoms with Crippen LogP contribution in [0.15, 0.2) is 36.1 Å². The quantitative estimate of drug-likeness (QED) is 0.665. The first kappa shape index (κ1) is 12.8. The van der Waals surface area contributed by atoms with Crippen LogP contribution in [0.4, 0.5) is 0 Å². The molecule has 1 aliphatic carbocycles. The molecule has 0 saturated carbocycles. The van der Waals surface area contributed by atoms with Crippen molar-refractivity contribution in [2.75, 3.05) is 0 Å². The van der Waals surface area contributed by atoms with Gasteiger partial charge in [-0.15, -0.1) is 8.19 Å². The SMILES string of the molecule is CCCCc1cc[pH]c1C1=Cc2ccccc2C1C. The van der Waals surface area contributed by atoms with Crippen molar-refractivity contribution >= 4 is 19.8 Å². The molecule has 0 N–H and O–H groups in total. The van der Waals surface area contributed by atoms with E-state index >= 15 is 0 Å². The standard InChI is InChI=1S/C18H21P/c1-3-4-7-14-10-11-19-18(14)17-12-15-8-5-6-9-16(15)13(17)2/h5-6,8-13,19H,3-4,7H2,1-2H3. The lowest BCUT2D eigenvalue weighted by molar-refractivity contribution is 0.795.